The van der Waals surface area contributed by atoms with Crippen molar-refractivity contribution in [2.24, 2.45) is 5.14 Å². The summed E-state index contributed by atoms with van der Waals surface area (Å²) in [5, 5.41) is 7.75. The lowest BCUT2D eigenvalue weighted by molar-refractivity contribution is 0.597. The van der Waals surface area contributed by atoms with Gasteiger partial charge in [-0.2, -0.15) is 0 Å². The highest BCUT2D eigenvalue weighted by Gasteiger charge is 2.27. The highest BCUT2D eigenvalue weighted by Crippen LogP contribution is 2.35. The van der Waals surface area contributed by atoms with E-state index in [9.17, 15) is 8.42 Å². The Morgan fingerprint density at radius 1 is 1.08 bits per heavy atom. The molecule has 0 saturated heterocycles. The van der Waals surface area contributed by atoms with E-state index < -0.39 is 10.0 Å². The van der Waals surface area contributed by atoms with E-state index in [4.69, 9.17) is 5.14 Å². The smallest absolute Gasteiger partial charge is 0.238 e. The molecule has 3 aromatic carbocycles. The Morgan fingerprint density at radius 2 is 1.84 bits per heavy atom. The zero-order valence-electron chi connectivity index (χ0n) is 14.0. The van der Waals surface area contributed by atoms with Crippen LogP contribution in [0.4, 0.5) is 5.69 Å². The predicted molar refractivity (Wildman–Crippen MR) is 101 cm³/mol. The lowest BCUT2D eigenvalue weighted by Gasteiger charge is -2.25. The summed E-state index contributed by atoms with van der Waals surface area (Å²) >= 11 is 0. The quantitative estimate of drug-likeness (QED) is 0.785. The molecule has 128 valence electrons. The molecule has 0 aliphatic carbocycles. The predicted octanol–water partition coefficient (Wildman–Crippen LogP) is 3.44. The molecular formula is C20H20N2O2S. The number of sulfonamides is 1. The summed E-state index contributed by atoms with van der Waals surface area (Å²) in [5.74, 6) is 0. The van der Waals surface area contributed by atoms with Crippen molar-refractivity contribution in [3.05, 3.63) is 71.8 Å². The largest absolute Gasteiger partial charge is 0.364 e. The van der Waals surface area contributed by atoms with Crippen molar-refractivity contribution in [2.75, 3.05) is 4.90 Å². The number of rotatable bonds is 3. The molecule has 0 saturated carbocycles. The molecule has 2 N–H and O–H groups in total. The van der Waals surface area contributed by atoms with Crippen molar-refractivity contribution in [3.8, 4) is 0 Å². The molecule has 0 radical (unpaired) electrons. The van der Waals surface area contributed by atoms with Crippen molar-refractivity contribution in [1.29, 1.82) is 0 Å². The summed E-state index contributed by atoms with van der Waals surface area (Å²) < 4.78 is 23.2. The fourth-order valence-electron chi connectivity index (χ4n) is 3.70. The van der Waals surface area contributed by atoms with Gasteiger partial charge in [-0.1, -0.05) is 42.5 Å². The number of anilines is 1. The van der Waals surface area contributed by atoms with Crippen LogP contribution in [0.1, 0.15) is 18.1 Å². The van der Waals surface area contributed by atoms with Crippen LogP contribution in [0.15, 0.2) is 65.6 Å². The summed E-state index contributed by atoms with van der Waals surface area (Å²) in [6.45, 7) is 2.96. The van der Waals surface area contributed by atoms with Crippen LogP contribution >= 0.6 is 0 Å². The summed E-state index contributed by atoms with van der Waals surface area (Å²) in [6.07, 6.45) is 0.823. The van der Waals surface area contributed by atoms with Gasteiger partial charge in [-0.05, 0) is 53.4 Å². The van der Waals surface area contributed by atoms with Gasteiger partial charge in [0.05, 0.1) is 4.90 Å². The molecule has 0 aromatic heterocycles. The molecule has 4 rings (SSSR count). The molecular weight excluding hydrogens is 332 g/mol. The van der Waals surface area contributed by atoms with Crippen LogP contribution in [-0.2, 0) is 23.0 Å². The topological polar surface area (TPSA) is 63.4 Å². The average Bonchev–Trinajstić information content (AvgIpc) is 2.89. The van der Waals surface area contributed by atoms with Gasteiger partial charge in [-0.25, -0.2) is 13.6 Å². The van der Waals surface area contributed by atoms with Crippen LogP contribution in [0.2, 0.25) is 0 Å². The molecule has 1 unspecified atom stereocenters. The van der Waals surface area contributed by atoms with Gasteiger partial charge in [-0.15, -0.1) is 0 Å². The monoisotopic (exact) mass is 352 g/mol. The first kappa shape index (κ1) is 16.1. The van der Waals surface area contributed by atoms with Crippen LogP contribution in [0, 0.1) is 0 Å². The van der Waals surface area contributed by atoms with Crippen LogP contribution in [0.3, 0.4) is 0 Å². The first-order chi connectivity index (χ1) is 11.9. The molecule has 5 heteroatoms. The molecule has 1 heterocycles. The lowest BCUT2D eigenvalue weighted by Crippen LogP contribution is -2.28. The molecule has 1 aliphatic heterocycles. The molecule has 0 spiro atoms. The summed E-state index contributed by atoms with van der Waals surface area (Å²) in [6, 6.07) is 20.3. The maximum Gasteiger partial charge on any atom is 0.238 e. The van der Waals surface area contributed by atoms with Crippen LogP contribution in [-0.4, -0.2) is 14.5 Å². The summed E-state index contributed by atoms with van der Waals surface area (Å²) in [5.41, 5.74) is 3.40. The second-order valence-corrected chi connectivity index (χ2v) is 8.22. The Labute approximate surface area is 147 Å². The third kappa shape index (κ3) is 2.90. The molecule has 25 heavy (non-hydrogen) atoms. The molecule has 3 aromatic rings. The Hall–Kier alpha value is -2.37. The number of primary sulfonamides is 1. The second kappa shape index (κ2) is 5.86. The average molecular weight is 352 g/mol. The van der Waals surface area contributed by atoms with E-state index in [1.807, 2.05) is 6.07 Å². The van der Waals surface area contributed by atoms with E-state index in [0.29, 0.717) is 6.04 Å². The molecule has 1 aliphatic rings. The van der Waals surface area contributed by atoms with Crippen LogP contribution in [0.5, 0.6) is 0 Å². The van der Waals surface area contributed by atoms with Gasteiger partial charge < -0.3 is 4.90 Å². The first-order valence-electron chi connectivity index (χ1n) is 8.32. The standard InChI is InChI=1S/C20H20N2O2S/c1-14-11-17-12-18(25(21,23)24)9-10-20(17)22(14)13-16-7-4-6-15-5-2-3-8-19(15)16/h2-10,12,14H,11,13H2,1H3,(H2,21,23,24). The minimum absolute atomic E-state index is 0.186. The maximum absolute atomic E-state index is 11.6. The van der Waals surface area contributed by atoms with Gasteiger partial charge in [0.1, 0.15) is 0 Å². The van der Waals surface area contributed by atoms with Crippen molar-refractivity contribution < 1.29 is 8.42 Å². The number of fused-ring (bicyclic) bond motifs is 2. The van der Waals surface area contributed by atoms with E-state index in [-0.39, 0.29) is 4.90 Å². The Bertz CT molecular complexity index is 1050. The van der Waals surface area contributed by atoms with Gasteiger partial charge in [-0.3, -0.25) is 0 Å². The van der Waals surface area contributed by atoms with Crippen molar-refractivity contribution in [2.45, 2.75) is 30.8 Å². The van der Waals surface area contributed by atoms with E-state index in [0.717, 1.165) is 24.2 Å². The van der Waals surface area contributed by atoms with Crippen molar-refractivity contribution >= 4 is 26.5 Å². The van der Waals surface area contributed by atoms with Crippen LogP contribution in [0.25, 0.3) is 10.8 Å². The van der Waals surface area contributed by atoms with Crippen molar-refractivity contribution in [3.63, 3.8) is 0 Å². The summed E-state index contributed by atoms with van der Waals surface area (Å²) in [4.78, 5) is 2.52. The van der Waals surface area contributed by atoms with Gasteiger partial charge in [0, 0.05) is 18.3 Å². The normalized spacial score (nSPS) is 17.0. The van der Waals surface area contributed by atoms with Gasteiger partial charge >= 0.3 is 0 Å². The number of hydrogen-bond acceptors (Lipinski definition) is 3. The first-order valence-corrected chi connectivity index (χ1v) is 9.87. The van der Waals surface area contributed by atoms with Crippen LogP contribution < -0.4 is 10.0 Å². The highest BCUT2D eigenvalue weighted by atomic mass is 32.2. The van der Waals surface area contributed by atoms with Crippen molar-refractivity contribution in [1.82, 2.24) is 0 Å². The Balaban J connectivity index is 1.73. The molecule has 4 nitrogen and oxygen atoms in total. The lowest BCUT2D eigenvalue weighted by atomic mass is 10.0. The second-order valence-electron chi connectivity index (χ2n) is 6.65. The number of nitrogens with two attached hydrogens (primary N) is 1. The fourth-order valence-corrected chi connectivity index (χ4v) is 4.27. The molecule has 0 bridgehead atoms. The Kier molecular flexibility index (Phi) is 3.78. The highest BCUT2D eigenvalue weighted by molar-refractivity contribution is 7.89. The number of nitrogens with zero attached hydrogens (tertiary/aromatic N) is 1. The zero-order valence-corrected chi connectivity index (χ0v) is 14.8. The number of benzene rings is 3. The van der Waals surface area contributed by atoms with E-state index in [2.05, 4.69) is 54.3 Å². The minimum atomic E-state index is -3.67. The molecule has 0 amide bonds. The molecule has 1 atom stereocenters. The van der Waals surface area contributed by atoms with E-state index >= 15 is 0 Å². The molecule has 0 fully saturated rings. The van der Waals surface area contributed by atoms with Gasteiger partial charge in [0.25, 0.3) is 0 Å². The van der Waals surface area contributed by atoms with Gasteiger partial charge in [0.2, 0.25) is 10.0 Å². The third-order valence-corrected chi connectivity index (χ3v) is 5.87. The number of hydrogen-bond donors (Lipinski definition) is 1. The SMILES string of the molecule is CC1Cc2cc(S(N)(=O)=O)ccc2N1Cc1cccc2ccccc12. The van der Waals surface area contributed by atoms with E-state index in [1.165, 1.54) is 16.3 Å². The van der Waals surface area contributed by atoms with Gasteiger partial charge in [0.15, 0.2) is 0 Å². The summed E-state index contributed by atoms with van der Waals surface area (Å²) in [7, 11) is -3.67. The van der Waals surface area contributed by atoms with E-state index in [1.54, 1.807) is 12.1 Å². The maximum atomic E-state index is 11.6. The minimum Gasteiger partial charge on any atom is -0.364 e. The fraction of sp³-hybridized carbons (Fsp3) is 0.200. The third-order valence-electron chi connectivity index (χ3n) is 4.96. The zero-order chi connectivity index (χ0) is 17.6. The Morgan fingerprint density at radius 3 is 2.64 bits per heavy atom.